The Morgan fingerprint density at radius 1 is 1.59 bits per heavy atom. The van der Waals surface area contributed by atoms with Crippen molar-refractivity contribution in [2.45, 2.75) is 58.3 Å². The van der Waals surface area contributed by atoms with Crippen molar-refractivity contribution in [1.82, 2.24) is 0 Å². The maximum absolute atomic E-state index is 11.6. The monoisotopic (exact) mass is 308 g/mol. The molecule has 1 heterocycles. The molecular weight excluding hydrogens is 284 g/mol. The van der Waals surface area contributed by atoms with E-state index in [2.05, 4.69) is 6.58 Å². The predicted molar refractivity (Wildman–Crippen MR) is 80.8 cm³/mol. The van der Waals surface area contributed by atoms with Crippen LogP contribution in [0.1, 0.15) is 40.0 Å². The molecule has 2 aliphatic rings. The van der Waals surface area contributed by atoms with Gasteiger partial charge in [-0.2, -0.15) is 0 Å². The lowest BCUT2D eigenvalue weighted by Crippen LogP contribution is -2.25. The van der Waals surface area contributed by atoms with Crippen molar-refractivity contribution in [2.75, 3.05) is 0 Å². The number of hydrogen-bond donors (Lipinski definition) is 1. The number of esters is 2. The van der Waals surface area contributed by atoms with E-state index in [0.29, 0.717) is 24.8 Å². The zero-order valence-corrected chi connectivity index (χ0v) is 13.4. The van der Waals surface area contributed by atoms with Crippen molar-refractivity contribution in [3.05, 3.63) is 23.8 Å². The van der Waals surface area contributed by atoms with Gasteiger partial charge in [-0.05, 0) is 31.3 Å². The summed E-state index contributed by atoms with van der Waals surface area (Å²) in [5.74, 6) is -0.540. The highest BCUT2D eigenvalue weighted by Crippen LogP contribution is 2.39. The number of aliphatic hydroxyl groups excluding tert-OH is 1. The highest BCUT2D eigenvalue weighted by molar-refractivity contribution is 5.90. The fraction of sp³-hybridized carbons (Fsp3) is 0.647. The molecule has 0 unspecified atom stereocenters. The van der Waals surface area contributed by atoms with Crippen LogP contribution in [0.4, 0.5) is 0 Å². The summed E-state index contributed by atoms with van der Waals surface area (Å²) in [5, 5.41) is 10.4. The Morgan fingerprint density at radius 3 is 2.91 bits per heavy atom. The minimum absolute atomic E-state index is 0.00513. The summed E-state index contributed by atoms with van der Waals surface area (Å²) in [7, 11) is 0. The first-order valence-electron chi connectivity index (χ1n) is 7.74. The third kappa shape index (κ3) is 3.58. The van der Waals surface area contributed by atoms with E-state index in [0.717, 1.165) is 5.57 Å². The Kier molecular flexibility index (Phi) is 5.06. The summed E-state index contributed by atoms with van der Waals surface area (Å²) in [5.41, 5.74) is 1.45. The largest absolute Gasteiger partial charge is 0.463 e. The second-order valence-corrected chi connectivity index (χ2v) is 6.32. The average molecular weight is 308 g/mol. The zero-order valence-electron chi connectivity index (χ0n) is 13.4. The number of ether oxygens (including phenoxy) is 2. The normalized spacial score (nSPS) is 30.7. The van der Waals surface area contributed by atoms with Crippen molar-refractivity contribution in [3.8, 4) is 0 Å². The van der Waals surface area contributed by atoms with Gasteiger partial charge in [-0.25, -0.2) is 4.79 Å². The number of carbonyl (C=O) groups excluding carboxylic acids is 2. The van der Waals surface area contributed by atoms with Crippen LogP contribution < -0.4 is 0 Å². The van der Waals surface area contributed by atoms with E-state index in [4.69, 9.17) is 9.47 Å². The highest BCUT2D eigenvalue weighted by Gasteiger charge is 2.41. The quantitative estimate of drug-likeness (QED) is 0.489. The molecule has 1 N–H and O–H groups in total. The van der Waals surface area contributed by atoms with Crippen LogP contribution in [0.2, 0.25) is 0 Å². The fourth-order valence-electron chi connectivity index (χ4n) is 3.37. The van der Waals surface area contributed by atoms with Gasteiger partial charge in [-0.15, -0.1) is 0 Å². The van der Waals surface area contributed by atoms with Crippen molar-refractivity contribution in [3.63, 3.8) is 0 Å². The Balaban J connectivity index is 2.04. The molecule has 0 radical (unpaired) electrons. The highest BCUT2D eigenvalue weighted by atomic mass is 16.6. The Morgan fingerprint density at radius 2 is 2.27 bits per heavy atom. The number of allylic oxidation sites excluding steroid dienone is 1. The minimum atomic E-state index is -0.660. The molecular formula is C17H24O5. The third-order valence-electron chi connectivity index (χ3n) is 4.49. The maximum atomic E-state index is 11.6. The van der Waals surface area contributed by atoms with Crippen LogP contribution >= 0.6 is 0 Å². The molecule has 122 valence electrons. The van der Waals surface area contributed by atoms with Gasteiger partial charge in [0, 0.05) is 24.8 Å². The molecule has 1 aliphatic carbocycles. The average Bonchev–Trinajstić information content (AvgIpc) is 2.56. The van der Waals surface area contributed by atoms with E-state index >= 15 is 0 Å². The third-order valence-corrected chi connectivity index (χ3v) is 4.49. The molecule has 0 amide bonds. The molecule has 1 saturated heterocycles. The van der Waals surface area contributed by atoms with Crippen LogP contribution in [0.25, 0.3) is 0 Å². The van der Waals surface area contributed by atoms with E-state index in [9.17, 15) is 14.7 Å². The van der Waals surface area contributed by atoms with E-state index in [1.807, 2.05) is 13.0 Å². The van der Waals surface area contributed by atoms with Crippen molar-refractivity contribution >= 4 is 11.9 Å². The van der Waals surface area contributed by atoms with Gasteiger partial charge < -0.3 is 14.6 Å². The number of rotatable bonds is 4. The molecule has 2 rings (SSSR count). The van der Waals surface area contributed by atoms with E-state index in [-0.39, 0.29) is 36.0 Å². The first-order valence-corrected chi connectivity index (χ1v) is 7.74. The summed E-state index contributed by atoms with van der Waals surface area (Å²) in [6.07, 6.45) is 2.54. The first-order chi connectivity index (χ1) is 10.3. The summed E-state index contributed by atoms with van der Waals surface area (Å²) < 4.78 is 10.4. The van der Waals surface area contributed by atoms with Gasteiger partial charge >= 0.3 is 11.9 Å². The van der Waals surface area contributed by atoms with Crippen molar-refractivity contribution < 1.29 is 24.2 Å². The Bertz CT molecular complexity index is 507. The first kappa shape index (κ1) is 16.7. The second-order valence-electron chi connectivity index (χ2n) is 6.32. The van der Waals surface area contributed by atoms with Gasteiger partial charge in [0.05, 0.1) is 6.10 Å². The molecule has 0 aromatic carbocycles. The number of fused-ring (bicyclic) bond motifs is 1. The molecule has 0 aromatic heterocycles. The second kappa shape index (κ2) is 6.65. The lowest BCUT2D eigenvalue weighted by atomic mass is 9.89. The molecule has 5 atom stereocenters. The lowest BCUT2D eigenvalue weighted by Gasteiger charge is -2.23. The summed E-state index contributed by atoms with van der Waals surface area (Å²) in [6, 6.07) is 0. The number of aliphatic hydroxyl groups is 1. The van der Waals surface area contributed by atoms with Crippen molar-refractivity contribution in [1.29, 1.82) is 0 Å². The molecule has 0 bridgehead atoms. The predicted octanol–water partition coefficient (Wildman–Crippen LogP) is 2.14. The van der Waals surface area contributed by atoms with Gasteiger partial charge in [0.1, 0.15) is 12.2 Å². The molecule has 1 fully saturated rings. The van der Waals surface area contributed by atoms with Crippen molar-refractivity contribution in [2.24, 2.45) is 11.8 Å². The van der Waals surface area contributed by atoms with Crippen LogP contribution in [0, 0.1) is 11.8 Å². The van der Waals surface area contributed by atoms with E-state index < -0.39 is 6.10 Å². The maximum Gasteiger partial charge on any atom is 0.334 e. The molecule has 5 nitrogen and oxygen atoms in total. The standard InChI is InChI=1S/C17H24O5/c1-9-7-16-14(11(3)17(20)22-16)6-5-13(9)15(19)8-10(2)21-12(4)18/h5,9-10,14-16,19H,3,6-8H2,1-2,4H3/t9-,10+,14+,15+,16+/m0/s1. The lowest BCUT2D eigenvalue weighted by molar-refractivity contribution is -0.146. The van der Waals surface area contributed by atoms with Crippen LogP contribution in [0.3, 0.4) is 0 Å². The van der Waals surface area contributed by atoms with Crippen LogP contribution in [0.5, 0.6) is 0 Å². The topological polar surface area (TPSA) is 72.8 Å². The van der Waals surface area contributed by atoms with Gasteiger partial charge in [-0.3, -0.25) is 4.79 Å². The molecule has 0 saturated carbocycles. The SMILES string of the molecule is C=C1C(=O)O[C@@H]2C[C@H](C)C([C@H](O)C[C@@H](C)OC(C)=O)=CC[C@H]12. The number of carbonyl (C=O) groups is 2. The smallest absolute Gasteiger partial charge is 0.334 e. The Hall–Kier alpha value is -1.62. The fourth-order valence-corrected chi connectivity index (χ4v) is 3.37. The molecule has 0 spiro atoms. The molecule has 22 heavy (non-hydrogen) atoms. The molecule has 5 heteroatoms. The number of hydrogen-bond acceptors (Lipinski definition) is 5. The van der Waals surface area contributed by atoms with E-state index in [1.54, 1.807) is 6.92 Å². The minimum Gasteiger partial charge on any atom is -0.463 e. The van der Waals surface area contributed by atoms with Gasteiger partial charge in [0.2, 0.25) is 0 Å². The Labute approximate surface area is 131 Å². The van der Waals surface area contributed by atoms with Gasteiger partial charge in [0.15, 0.2) is 0 Å². The van der Waals surface area contributed by atoms with Gasteiger partial charge in [-0.1, -0.05) is 19.6 Å². The summed E-state index contributed by atoms with van der Waals surface area (Å²) in [4.78, 5) is 22.5. The summed E-state index contributed by atoms with van der Waals surface area (Å²) >= 11 is 0. The van der Waals surface area contributed by atoms with Crippen LogP contribution in [-0.2, 0) is 19.1 Å². The zero-order chi connectivity index (χ0) is 16.4. The molecule has 0 aromatic rings. The molecule has 1 aliphatic heterocycles. The summed E-state index contributed by atoms with van der Waals surface area (Å²) in [6.45, 7) is 8.96. The van der Waals surface area contributed by atoms with E-state index in [1.165, 1.54) is 6.92 Å². The van der Waals surface area contributed by atoms with Crippen LogP contribution in [-0.4, -0.2) is 35.4 Å². The van der Waals surface area contributed by atoms with Gasteiger partial charge in [0.25, 0.3) is 0 Å². The van der Waals surface area contributed by atoms with Crippen LogP contribution in [0.15, 0.2) is 23.8 Å².